The molecule has 3 N–H and O–H groups in total. The lowest BCUT2D eigenvalue weighted by Gasteiger charge is -2.34. The zero-order valence-corrected chi connectivity index (χ0v) is 15.1. The molecule has 2 fully saturated rings. The van der Waals surface area contributed by atoms with Gasteiger partial charge in [-0.25, -0.2) is 4.39 Å². The summed E-state index contributed by atoms with van der Waals surface area (Å²) in [7, 11) is 0. The molecule has 1 aliphatic carbocycles. The van der Waals surface area contributed by atoms with Gasteiger partial charge in [0, 0.05) is 25.0 Å². The van der Waals surface area contributed by atoms with Crippen molar-refractivity contribution in [3.05, 3.63) is 35.6 Å². The molecule has 1 atom stereocenters. The van der Waals surface area contributed by atoms with Crippen LogP contribution in [0.4, 0.5) is 4.39 Å². The first-order chi connectivity index (χ1) is 12.5. The molecular formula is C20H28FN3O2. The Bertz CT molecular complexity index is 620. The molecule has 26 heavy (non-hydrogen) atoms. The van der Waals surface area contributed by atoms with E-state index in [2.05, 4.69) is 5.32 Å². The number of benzene rings is 1. The average molecular weight is 361 g/mol. The molecule has 3 rings (SSSR count). The van der Waals surface area contributed by atoms with Gasteiger partial charge in [0.05, 0.1) is 6.04 Å². The number of nitrogens with zero attached hydrogens (tertiary/aromatic N) is 1. The van der Waals surface area contributed by atoms with Crippen LogP contribution < -0.4 is 11.1 Å². The van der Waals surface area contributed by atoms with Gasteiger partial charge in [0.25, 0.3) is 0 Å². The van der Waals surface area contributed by atoms with E-state index in [1.54, 1.807) is 4.90 Å². The lowest BCUT2D eigenvalue weighted by molar-refractivity contribution is -0.124. The minimum atomic E-state index is -0.546. The van der Waals surface area contributed by atoms with Crippen molar-refractivity contribution >= 4 is 12.3 Å². The van der Waals surface area contributed by atoms with Gasteiger partial charge in [-0.05, 0) is 49.3 Å². The number of rotatable bonds is 6. The topological polar surface area (TPSA) is 75.4 Å². The molecule has 1 aliphatic heterocycles. The fraction of sp³-hybridized carbons (Fsp3) is 0.600. The van der Waals surface area contributed by atoms with Crippen LogP contribution in [0.1, 0.15) is 44.1 Å². The fourth-order valence-electron chi connectivity index (χ4n) is 4.39. The molecule has 2 aliphatic rings. The van der Waals surface area contributed by atoms with Gasteiger partial charge >= 0.3 is 0 Å². The summed E-state index contributed by atoms with van der Waals surface area (Å²) in [5.74, 6) is -0.255. The highest BCUT2D eigenvalue weighted by Crippen LogP contribution is 2.40. The van der Waals surface area contributed by atoms with Gasteiger partial charge in [-0.1, -0.05) is 25.0 Å². The van der Waals surface area contributed by atoms with Gasteiger partial charge in [-0.2, -0.15) is 0 Å². The van der Waals surface area contributed by atoms with E-state index >= 15 is 0 Å². The Kier molecular flexibility index (Phi) is 5.91. The van der Waals surface area contributed by atoms with Gasteiger partial charge in [-0.3, -0.25) is 9.59 Å². The second-order valence-electron chi connectivity index (χ2n) is 7.72. The second-order valence-corrected chi connectivity index (χ2v) is 7.72. The maximum absolute atomic E-state index is 13.3. The highest BCUT2D eigenvalue weighted by molar-refractivity contribution is 5.82. The van der Waals surface area contributed by atoms with E-state index in [0.29, 0.717) is 19.6 Å². The van der Waals surface area contributed by atoms with Gasteiger partial charge in [0.15, 0.2) is 0 Å². The highest BCUT2D eigenvalue weighted by atomic mass is 19.1. The lowest BCUT2D eigenvalue weighted by atomic mass is 9.78. The van der Waals surface area contributed by atoms with E-state index in [4.69, 9.17) is 5.73 Å². The summed E-state index contributed by atoms with van der Waals surface area (Å²) in [5, 5.41) is 3.06. The molecule has 142 valence electrons. The van der Waals surface area contributed by atoms with E-state index in [1.165, 1.54) is 12.1 Å². The molecule has 0 aromatic heterocycles. The fourth-order valence-corrected chi connectivity index (χ4v) is 4.39. The number of hydrogen-bond acceptors (Lipinski definition) is 3. The Morgan fingerprint density at radius 2 is 1.88 bits per heavy atom. The molecule has 6 heteroatoms. The third-order valence-electron chi connectivity index (χ3n) is 6.15. The third-order valence-corrected chi connectivity index (χ3v) is 6.15. The van der Waals surface area contributed by atoms with Crippen LogP contribution in [0.3, 0.4) is 0 Å². The lowest BCUT2D eigenvalue weighted by Crippen LogP contribution is -2.51. The van der Waals surface area contributed by atoms with Crippen LogP contribution >= 0.6 is 0 Å². The third kappa shape index (κ3) is 4.06. The first kappa shape index (κ1) is 18.8. The zero-order chi connectivity index (χ0) is 18.6. The number of hydrogen-bond donors (Lipinski definition) is 2. The van der Waals surface area contributed by atoms with Gasteiger partial charge in [-0.15, -0.1) is 0 Å². The maximum atomic E-state index is 13.3. The van der Waals surface area contributed by atoms with Crippen molar-refractivity contribution in [1.82, 2.24) is 10.2 Å². The number of nitrogens with one attached hydrogen (secondary N) is 1. The average Bonchev–Trinajstić information content (AvgIpc) is 3.16. The predicted molar refractivity (Wildman–Crippen MR) is 97.9 cm³/mol. The van der Waals surface area contributed by atoms with Gasteiger partial charge in [0.1, 0.15) is 5.82 Å². The Hall–Kier alpha value is -1.95. The summed E-state index contributed by atoms with van der Waals surface area (Å²) < 4.78 is 13.3. The largest absolute Gasteiger partial charge is 0.354 e. The smallest absolute Gasteiger partial charge is 0.237 e. The number of carbonyl (C=O) groups excluding carboxylic acids is 2. The second kappa shape index (κ2) is 8.16. The Morgan fingerprint density at radius 1 is 1.27 bits per heavy atom. The van der Waals surface area contributed by atoms with Gasteiger partial charge in [0.2, 0.25) is 12.3 Å². The first-order valence-electron chi connectivity index (χ1n) is 9.53. The van der Waals surface area contributed by atoms with Crippen LogP contribution in [-0.4, -0.2) is 42.9 Å². The van der Waals surface area contributed by atoms with Crippen LogP contribution in [0.5, 0.6) is 0 Å². The Labute approximate surface area is 154 Å². The van der Waals surface area contributed by atoms with E-state index in [1.807, 2.05) is 12.1 Å². The van der Waals surface area contributed by atoms with Crippen LogP contribution in [0, 0.1) is 11.7 Å². The number of likely N-dealkylation sites (tertiary alicyclic amines) is 1. The molecule has 1 heterocycles. The van der Waals surface area contributed by atoms with E-state index in [-0.39, 0.29) is 23.1 Å². The minimum absolute atomic E-state index is 0.108. The number of nitrogens with two attached hydrogens (primary N) is 1. The molecule has 1 saturated heterocycles. The molecule has 1 aromatic rings. The Balaban J connectivity index is 1.59. The van der Waals surface area contributed by atoms with Gasteiger partial charge < -0.3 is 16.0 Å². The standard InChI is InChI=1S/C20H28FN3O2/c21-17-5-3-16(4-6-17)20(9-1-2-10-20)13-23-19(26)18(22)15-7-11-24(14-25)12-8-15/h3-6,14-15,18H,1-2,7-13,22H2,(H,23,26). The van der Waals surface area contributed by atoms with Crippen molar-refractivity contribution in [3.8, 4) is 0 Å². The molecule has 1 aromatic carbocycles. The first-order valence-corrected chi connectivity index (χ1v) is 9.53. The van der Waals surface area contributed by atoms with Crippen LogP contribution in [0.25, 0.3) is 0 Å². The maximum Gasteiger partial charge on any atom is 0.237 e. The van der Waals surface area contributed by atoms with Crippen LogP contribution in [0.15, 0.2) is 24.3 Å². The minimum Gasteiger partial charge on any atom is -0.354 e. The monoisotopic (exact) mass is 361 g/mol. The van der Waals surface area contributed by atoms with Crippen molar-refractivity contribution < 1.29 is 14.0 Å². The predicted octanol–water partition coefficient (Wildman–Crippen LogP) is 1.95. The molecule has 0 radical (unpaired) electrons. The van der Waals surface area contributed by atoms with Crippen molar-refractivity contribution in [2.45, 2.75) is 50.0 Å². The highest BCUT2D eigenvalue weighted by Gasteiger charge is 2.37. The molecule has 2 amide bonds. The normalized spacial score (nSPS) is 21.4. The number of amides is 2. The molecular weight excluding hydrogens is 333 g/mol. The van der Waals surface area contributed by atoms with Crippen LogP contribution in [0.2, 0.25) is 0 Å². The zero-order valence-electron chi connectivity index (χ0n) is 15.1. The van der Waals surface area contributed by atoms with E-state index < -0.39 is 6.04 Å². The summed E-state index contributed by atoms with van der Waals surface area (Å²) in [5.41, 5.74) is 7.16. The molecule has 1 unspecified atom stereocenters. The summed E-state index contributed by atoms with van der Waals surface area (Å²) in [6.07, 6.45) is 6.59. The van der Waals surface area contributed by atoms with Crippen molar-refractivity contribution in [2.75, 3.05) is 19.6 Å². The summed E-state index contributed by atoms with van der Waals surface area (Å²) in [4.78, 5) is 25.1. The van der Waals surface area contributed by atoms with Crippen molar-refractivity contribution in [3.63, 3.8) is 0 Å². The van der Waals surface area contributed by atoms with Crippen molar-refractivity contribution in [2.24, 2.45) is 11.7 Å². The number of piperidine rings is 1. The van der Waals surface area contributed by atoms with Crippen molar-refractivity contribution in [1.29, 1.82) is 0 Å². The summed E-state index contributed by atoms with van der Waals surface area (Å²) in [6.45, 7) is 1.86. The molecule has 0 bridgehead atoms. The number of carbonyl (C=O) groups is 2. The summed E-state index contributed by atoms with van der Waals surface area (Å²) in [6, 6.07) is 6.10. The molecule has 1 saturated carbocycles. The molecule has 5 nitrogen and oxygen atoms in total. The van der Waals surface area contributed by atoms with E-state index in [0.717, 1.165) is 50.5 Å². The number of halogens is 1. The Morgan fingerprint density at radius 3 is 2.46 bits per heavy atom. The molecule has 0 spiro atoms. The SMILES string of the molecule is NC(C(=O)NCC1(c2ccc(F)cc2)CCCC1)C1CCN(C=O)CC1. The van der Waals surface area contributed by atoms with E-state index in [9.17, 15) is 14.0 Å². The van der Waals surface area contributed by atoms with Crippen LogP contribution in [-0.2, 0) is 15.0 Å². The quantitative estimate of drug-likeness (QED) is 0.761. The summed E-state index contributed by atoms with van der Waals surface area (Å²) >= 11 is 0.